The first-order valence-electron chi connectivity index (χ1n) is 5.77. The summed E-state index contributed by atoms with van der Waals surface area (Å²) in [6, 6.07) is 1.80. The summed E-state index contributed by atoms with van der Waals surface area (Å²) in [6.07, 6.45) is 2.70. The summed E-state index contributed by atoms with van der Waals surface area (Å²) >= 11 is 0. The van der Waals surface area contributed by atoms with Gasteiger partial charge in [0.25, 0.3) is 0 Å². The normalized spacial score (nSPS) is 10.6. The Labute approximate surface area is 109 Å². The number of anilines is 1. The highest BCUT2D eigenvalue weighted by Crippen LogP contribution is 2.19. The number of carbonyl (C=O) groups excluding carboxylic acids is 1. The maximum Gasteiger partial charge on any atom is 0.229 e. The van der Waals surface area contributed by atoms with Gasteiger partial charge < -0.3 is 19.8 Å². The number of aryl methyl sites for hydroxylation is 1. The predicted octanol–water partition coefficient (Wildman–Crippen LogP) is 0.780. The van der Waals surface area contributed by atoms with Crippen molar-refractivity contribution in [3.8, 4) is 11.5 Å². The highest BCUT2D eigenvalue weighted by molar-refractivity contribution is 5.57. The molecule has 0 fully saturated rings. The lowest BCUT2D eigenvalue weighted by atomic mass is 10.2. The van der Waals surface area contributed by atoms with Gasteiger partial charge >= 0.3 is 0 Å². The molecule has 19 heavy (non-hydrogen) atoms. The third-order valence-electron chi connectivity index (χ3n) is 2.43. The lowest BCUT2D eigenvalue weighted by Gasteiger charge is -2.00. The Bertz CT molecular complexity index is 568. The lowest BCUT2D eigenvalue weighted by molar-refractivity contribution is -0.111. The van der Waals surface area contributed by atoms with E-state index in [9.17, 15) is 4.79 Å². The van der Waals surface area contributed by atoms with Crippen LogP contribution in [0.25, 0.3) is 11.5 Å². The molecule has 2 rings (SSSR count). The molecule has 0 saturated carbocycles. The molecule has 0 aliphatic carbocycles. The Hall–Kier alpha value is -2.28. The van der Waals surface area contributed by atoms with Crippen molar-refractivity contribution in [3.05, 3.63) is 23.7 Å². The van der Waals surface area contributed by atoms with Crippen LogP contribution in [0.1, 0.15) is 11.5 Å². The van der Waals surface area contributed by atoms with Gasteiger partial charge in [-0.05, 0) is 18.6 Å². The van der Waals surface area contributed by atoms with Gasteiger partial charge in [0.1, 0.15) is 18.6 Å². The van der Waals surface area contributed by atoms with E-state index in [2.05, 4.69) is 15.1 Å². The quantitative estimate of drug-likeness (QED) is 0.605. The van der Waals surface area contributed by atoms with Gasteiger partial charge in [-0.2, -0.15) is 4.98 Å². The van der Waals surface area contributed by atoms with Gasteiger partial charge in [0, 0.05) is 0 Å². The average Bonchev–Trinajstić information content (AvgIpc) is 2.83. The van der Waals surface area contributed by atoms with Crippen LogP contribution in [0, 0.1) is 6.92 Å². The van der Waals surface area contributed by atoms with Crippen molar-refractivity contribution in [1.82, 2.24) is 15.1 Å². The molecule has 2 aromatic rings. The maximum absolute atomic E-state index is 10.1. The molecule has 0 aliphatic heterocycles. The molecular weight excluding hydrogens is 248 g/mol. The van der Waals surface area contributed by atoms with Crippen LogP contribution in [0.5, 0.6) is 0 Å². The molecule has 0 aromatic carbocycles. The van der Waals surface area contributed by atoms with Gasteiger partial charge in [-0.25, -0.2) is 0 Å². The van der Waals surface area contributed by atoms with E-state index in [-0.39, 0.29) is 6.61 Å². The Morgan fingerprint density at radius 3 is 3.11 bits per heavy atom. The van der Waals surface area contributed by atoms with Crippen LogP contribution in [-0.4, -0.2) is 34.6 Å². The number of pyridine rings is 1. The molecule has 0 spiro atoms. The average molecular weight is 262 g/mol. The summed E-state index contributed by atoms with van der Waals surface area (Å²) in [6.45, 7) is 2.30. The summed E-state index contributed by atoms with van der Waals surface area (Å²) in [7, 11) is 0. The number of nitrogen functional groups attached to an aromatic ring is 1. The smallest absolute Gasteiger partial charge is 0.229 e. The van der Waals surface area contributed by atoms with E-state index in [0.29, 0.717) is 42.4 Å². The molecule has 0 amide bonds. The van der Waals surface area contributed by atoms with Crippen LogP contribution in [0.3, 0.4) is 0 Å². The van der Waals surface area contributed by atoms with Gasteiger partial charge in [-0.1, -0.05) is 5.16 Å². The third-order valence-corrected chi connectivity index (χ3v) is 2.43. The molecule has 0 unspecified atom stereocenters. The number of aldehydes is 1. The van der Waals surface area contributed by atoms with Crippen LogP contribution < -0.4 is 5.73 Å². The number of aromatic nitrogens is 3. The standard InChI is InChI=1S/C12H14N4O3/c1-8-6-9(13)7-14-11(8)12-15-10(19-16-12)2-4-18-5-3-17/h3,6-7H,2,4-5,13H2,1H3. The first-order chi connectivity index (χ1) is 9.20. The molecule has 2 aromatic heterocycles. The first-order valence-corrected chi connectivity index (χ1v) is 5.77. The van der Waals surface area contributed by atoms with E-state index in [1.165, 1.54) is 0 Å². The minimum atomic E-state index is 0.0691. The Morgan fingerprint density at radius 2 is 2.37 bits per heavy atom. The van der Waals surface area contributed by atoms with Crippen LogP contribution in [0.2, 0.25) is 0 Å². The predicted molar refractivity (Wildman–Crippen MR) is 67.3 cm³/mol. The number of rotatable bonds is 6. The molecule has 7 heteroatoms. The minimum Gasteiger partial charge on any atom is -0.397 e. The largest absolute Gasteiger partial charge is 0.397 e. The van der Waals surface area contributed by atoms with Crippen molar-refractivity contribution < 1.29 is 14.1 Å². The van der Waals surface area contributed by atoms with Crippen LogP contribution in [0.4, 0.5) is 5.69 Å². The molecule has 7 nitrogen and oxygen atoms in total. The maximum atomic E-state index is 10.1. The zero-order valence-corrected chi connectivity index (χ0v) is 10.5. The molecule has 2 heterocycles. The van der Waals surface area contributed by atoms with E-state index in [4.69, 9.17) is 15.0 Å². The van der Waals surface area contributed by atoms with Crippen LogP contribution >= 0.6 is 0 Å². The monoisotopic (exact) mass is 262 g/mol. The van der Waals surface area contributed by atoms with E-state index in [0.717, 1.165) is 5.56 Å². The van der Waals surface area contributed by atoms with Gasteiger partial charge in [0.2, 0.25) is 11.7 Å². The Balaban J connectivity index is 2.05. The van der Waals surface area contributed by atoms with Crippen LogP contribution in [0.15, 0.2) is 16.8 Å². The second-order valence-electron chi connectivity index (χ2n) is 3.94. The fraction of sp³-hybridized carbons (Fsp3) is 0.333. The van der Waals surface area contributed by atoms with Crippen molar-refractivity contribution in [2.45, 2.75) is 13.3 Å². The number of nitrogens with two attached hydrogens (primary N) is 1. The molecule has 0 radical (unpaired) electrons. The minimum absolute atomic E-state index is 0.0691. The Kier molecular flexibility index (Phi) is 4.19. The summed E-state index contributed by atoms with van der Waals surface area (Å²) < 4.78 is 10.1. The second kappa shape index (κ2) is 6.05. The van der Waals surface area contributed by atoms with Gasteiger partial charge in [-0.3, -0.25) is 4.98 Å². The SMILES string of the molecule is Cc1cc(N)cnc1-c1noc(CCOCC=O)n1. The van der Waals surface area contributed by atoms with E-state index < -0.39 is 0 Å². The number of ether oxygens (including phenoxy) is 1. The number of hydrogen-bond donors (Lipinski definition) is 1. The highest BCUT2D eigenvalue weighted by atomic mass is 16.5. The first kappa shape index (κ1) is 13.2. The molecule has 100 valence electrons. The fourth-order valence-corrected chi connectivity index (χ4v) is 1.57. The Morgan fingerprint density at radius 1 is 1.53 bits per heavy atom. The number of hydrogen-bond acceptors (Lipinski definition) is 7. The molecule has 0 atom stereocenters. The lowest BCUT2D eigenvalue weighted by Crippen LogP contribution is -2.01. The van der Waals surface area contributed by atoms with Crippen molar-refractivity contribution in [2.75, 3.05) is 18.9 Å². The summed E-state index contributed by atoms with van der Waals surface area (Å²) in [5.41, 5.74) is 7.74. The number of carbonyl (C=O) groups is 1. The molecule has 0 bridgehead atoms. The van der Waals surface area contributed by atoms with Crippen molar-refractivity contribution in [3.63, 3.8) is 0 Å². The number of nitrogens with zero attached hydrogens (tertiary/aromatic N) is 3. The van der Waals surface area contributed by atoms with Gasteiger partial charge in [0.15, 0.2) is 0 Å². The molecular formula is C12H14N4O3. The van der Waals surface area contributed by atoms with E-state index in [1.807, 2.05) is 6.92 Å². The van der Waals surface area contributed by atoms with E-state index >= 15 is 0 Å². The van der Waals surface area contributed by atoms with Gasteiger partial charge in [0.05, 0.1) is 24.9 Å². The third kappa shape index (κ3) is 3.35. The summed E-state index contributed by atoms with van der Waals surface area (Å²) in [4.78, 5) is 18.5. The zero-order chi connectivity index (χ0) is 13.7. The van der Waals surface area contributed by atoms with Crippen LogP contribution in [-0.2, 0) is 16.0 Å². The van der Waals surface area contributed by atoms with Crippen molar-refractivity contribution in [2.24, 2.45) is 0 Å². The van der Waals surface area contributed by atoms with Gasteiger partial charge in [-0.15, -0.1) is 0 Å². The fourth-order valence-electron chi connectivity index (χ4n) is 1.57. The van der Waals surface area contributed by atoms with Crippen molar-refractivity contribution in [1.29, 1.82) is 0 Å². The highest BCUT2D eigenvalue weighted by Gasteiger charge is 2.12. The molecule has 0 aliphatic rings. The van der Waals surface area contributed by atoms with Crippen molar-refractivity contribution >= 4 is 12.0 Å². The summed E-state index contributed by atoms with van der Waals surface area (Å²) in [5, 5.41) is 3.86. The molecule has 0 saturated heterocycles. The topological polar surface area (TPSA) is 104 Å². The summed E-state index contributed by atoms with van der Waals surface area (Å²) in [5.74, 6) is 0.863. The zero-order valence-electron chi connectivity index (χ0n) is 10.5. The van der Waals surface area contributed by atoms with E-state index in [1.54, 1.807) is 12.3 Å². The molecule has 2 N–H and O–H groups in total. The second-order valence-corrected chi connectivity index (χ2v) is 3.94.